The van der Waals surface area contributed by atoms with Crippen molar-refractivity contribution in [1.29, 1.82) is 0 Å². The van der Waals surface area contributed by atoms with Gasteiger partial charge in [-0.2, -0.15) is 0 Å². The van der Waals surface area contributed by atoms with Crippen LogP contribution in [0.4, 0.5) is 0 Å². The molecule has 0 amide bonds. The van der Waals surface area contributed by atoms with Gasteiger partial charge in [0.05, 0.1) is 48.1 Å². The first-order valence-corrected chi connectivity index (χ1v) is 20.2. The van der Waals surface area contributed by atoms with E-state index >= 15 is 0 Å². The van der Waals surface area contributed by atoms with Gasteiger partial charge in [-0.05, 0) is 52.0 Å². The molecule has 4 nitrogen and oxygen atoms in total. The first kappa shape index (κ1) is 49.8. The second-order valence-electron chi connectivity index (χ2n) is 15.2. The minimum atomic E-state index is 0. The fourth-order valence-electron chi connectivity index (χ4n) is 7.90. The number of fused-ring (bicyclic) bond motifs is 4. The molecule has 0 N–H and O–H groups in total. The Morgan fingerprint density at radius 3 is 0.688 bits per heavy atom. The van der Waals surface area contributed by atoms with Crippen LogP contribution >= 0.6 is 0 Å². The Morgan fingerprint density at radius 1 is 0.297 bits per heavy atom. The predicted molar refractivity (Wildman–Crippen MR) is 248 cm³/mol. The minimum absolute atomic E-state index is 0. The van der Waals surface area contributed by atoms with Gasteiger partial charge in [0.2, 0.25) is 0 Å². The molecule has 0 aliphatic rings. The van der Waals surface area contributed by atoms with Gasteiger partial charge in [0, 0.05) is 0 Å². The summed E-state index contributed by atoms with van der Waals surface area (Å²) < 4.78 is 21.6. The molecule has 316 valence electrons. The Kier molecular flexibility index (Phi) is 17.6. The smallest absolute Gasteiger partial charge is 1.00 e. The summed E-state index contributed by atoms with van der Waals surface area (Å²) in [6.07, 6.45) is 6.83. The van der Waals surface area contributed by atoms with Crippen molar-refractivity contribution in [3.05, 3.63) is 217 Å². The van der Waals surface area contributed by atoms with Crippen LogP contribution in [0.2, 0.25) is 0 Å². The Morgan fingerprint density at radius 2 is 0.516 bits per heavy atom. The van der Waals surface area contributed by atoms with Crippen LogP contribution in [0, 0.1) is 27.7 Å². The molecule has 0 spiro atoms. The molecule has 64 heavy (non-hydrogen) atoms. The summed E-state index contributed by atoms with van der Waals surface area (Å²) in [5.74, 6) is 3.74. The summed E-state index contributed by atoms with van der Waals surface area (Å²) in [5, 5.41) is 10.4. The van der Waals surface area contributed by atoms with Crippen molar-refractivity contribution < 1.29 is 94.9 Å². The van der Waals surface area contributed by atoms with Crippen molar-refractivity contribution in [1.82, 2.24) is 0 Å². The van der Waals surface area contributed by atoms with Crippen LogP contribution in [0.15, 0.2) is 213 Å². The van der Waals surface area contributed by atoms with Crippen LogP contribution < -0.4 is 24.8 Å². The van der Waals surface area contributed by atoms with Crippen LogP contribution in [0.25, 0.3) is 88.4 Å². The molecule has 0 saturated heterocycles. The van der Waals surface area contributed by atoms with Crippen LogP contribution in [0.1, 0.15) is 22.3 Å². The largest absolute Gasteiger partial charge is 2.00 e. The van der Waals surface area contributed by atoms with Gasteiger partial charge in [-0.1, -0.05) is 117 Å². The second kappa shape index (κ2) is 22.6. The molecule has 0 saturated carbocycles. The van der Waals surface area contributed by atoms with Crippen LogP contribution in [0.3, 0.4) is 0 Å². The van der Waals surface area contributed by atoms with Gasteiger partial charge in [0.25, 0.3) is 0 Å². The quantitative estimate of drug-likeness (QED) is 0.165. The van der Waals surface area contributed by atoms with E-state index in [1.165, 1.54) is 65.3 Å². The maximum Gasteiger partial charge on any atom is 2.00 e. The van der Waals surface area contributed by atoms with Crippen LogP contribution in [-0.2, 0) is 52.4 Å². The normalized spacial score (nSPS) is 10.3. The van der Waals surface area contributed by atoms with E-state index in [2.05, 4.69) is 149 Å². The summed E-state index contributed by atoms with van der Waals surface area (Å²) in [6.45, 7) is 8.53. The van der Waals surface area contributed by atoms with E-state index in [4.69, 9.17) is 17.7 Å². The van der Waals surface area contributed by atoms with E-state index in [1.54, 1.807) is 25.1 Å². The van der Waals surface area contributed by atoms with Gasteiger partial charge in [0.1, 0.15) is 0 Å². The van der Waals surface area contributed by atoms with Gasteiger partial charge in [-0.25, -0.2) is 0 Å². The standard InChI is InChI=1S/4C14H11O.2ClH.2Zr/c4*1-10-4-2-5-11-8-12(9-13(10)11)14-6-3-7-15-14;;;;/h4*2-9H,1H3;2*1H;;/q4*-1;;;2*+2/p-2. The third-order valence-corrected chi connectivity index (χ3v) is 11.1. The summed E-state index contributed by atoms with van der Waals surface area (Å²) in [7, 11) is 0. The molecule has 8 aromatic carbocycles. The zero-order valence-corrected chi connectivity index (χ0v) is 42.3. The van der Waals surface area contributed by atoms with Gasteiger partial charge in [-0.15, -0.1) is 116 Å². The minimum Gasteiger partial charge on any atom is -1.00 e. The number of benzene rings is 4. The summed E-state index contributed by atoms with van der Waals surface area (Å²) >= 11 is 0. The van der Waals surface area contributed by atoms with E-state index in [0.29, 0.717) is 0 Å². The maximum absolute atomic E-state index is 5.39. The van der Waals surface area contributed by atoms with Crippen molar-refractivity contribution in [3.8, 4) is 45.3 Å². The zero-order chi connectivity index (χ0) is 41.0. The van der Waals surface area contributed by atoms with Gasteiger partial charge in [0.15, 0.2) is 0 Å². The first-order valence-electron chi connectivity index (χ1n) is 20.2. The van der Waals surface area contributed by atoms with Crippen molar-refractivity contribution in [2.45, 2.75) is 27.7 Å². The molecule has 0 atom stereocenters. The molecule has 4 aromatic heterocycles. The molecule has 0 radical (unpaired) electrons. The van der Waals surface area contributed by atoms with Crippen LogP contribution in [-0.4, -0.2) is 0 Å². The number of halogens is 2. The molecular formula is C56H44Cl2O4Zr2-2. The summed E-state index contributed by atoms with van der Waals surface area (Å²) in [4.78, 5) is 0. The van der Waals surface area contributed by atoms with Crippen molar-refractivity contribution in [2.24, 2.45) is 0 Å². The molecule has 8 heteroatoms. The molecular weight excluding hydrogens is 990 g/mol. The summed E-state index contributed by atoms with van der Waals surface area (Å²) in [6, 6.07) is 58.4. The zero-order valence-electron chi connectivity index (χ0n) is 35.9. The maximum atomic E-state index is 5.39. The third-order valence-electron chi connectivity index (χ3n) is 11.1. The van der Waals surface area contributed by atoms with Crippen molar-refractivity contribution in [3.63, 3.8) is 0 Å². The fourth-order valence-corrected chi connectivity index (χ4v) is 7.90. The number of aryl methyl sites for hydroxylation is 4. The summed E-state index contributed by atoms with van der Waals surface area (Å²) in [5.41, 5.74) is 9.87. The van der Waals surface area contributed by atoms with Crippen molar-refractivity contribution >= 4 is 43.1 Å². The Labute approximate surface area is 424 Å². The fraction of sp³-hybridized carbons (Fsp3) is 0.0714. The van der Waals surface area contributed by atoms with E-state index in [-0.39, 0.29) is 77.2 Å². The molecule has 4 heterocycles. The Hall–Kier alpha value is -5.21. The third kappa shape index (κ3) is 11.0. The first-order chi connectivity index (χ1) is 29.4. The average molecular weight is 1030 g/mol. The molecule has 0 fully saturated rings. The van der Waals surface area contributed by atoms with E-state index in [0.717, 1.165) is 45.3 Å². The van der Waals surface area contributed by atoms with Gasteiger partial charge >= 0.3 is 52.4 Å². The number of rotatable bonds is 4. The number of furan rings is 4. The Bertz CT molecular complexity index is 2810. The molecule has 12 rings (SSSR count). The molecule has 0 aliphatic carbocycles. The van der Waals surface area contributed by atoms with Gasteiger partial charge in [-0.3, -0.25) is 0 Å². The van der Waals surface area contributed by atoms with Crippen molar-refractivity contribution in [2.75, 3.05) is 0 Å². The number of hydrogen-bond donors (Lipinski definition) is 0. The van der Waals surface area contributed by atoms with E-state index in [9.17, 15) is 0 Å². The average Bonchev–Trinajstić information content (AvgIpc) is 4.12. The SMILES string of the molecule is Cc1cccc2[cH-]c(-c3ccco3)cc12.Cc1cccc2[cH-]c(-c3ccco3)cc12.Cc1cccc2[cH-]c(-c3ccco3)cc12.Cc1cccc2[cH-]c(-c3ccco3)cc12.[Cl-].[Cl-].[Zr+2].[Zr+2]. The monoisotopic (exact) mass is 1030 g/mol. The number of hydrogen-bond acceptors (Lipinski definition) is 4. The van der Waals surface area contributed by atoms with E-state index < -0.39 is 0 Å². The molecule has 12 aromatic rings. The predicted octanol–water partition coefficient (Wildman–Crippen LogP) is 10.5. The molecule has 0 aliphatic heterocycles. The molecule has 0 unspecified atom stereocenters. The molecule has 0 bridgehead atoms. The van der Waals surface area contributed by atoms with Crippen LogP contribution in [0.5, 0.6) is 0 Å². The Balaban J connectivity index is 0.000000157. The second-order valence-corrected chi connectivity index (χ2v) is 15.2. The van der Waals surface area contributed by atoms with E-state index in [1.807, 2.05) is 48.5 Å². The van der Waals surface area contributed by atoms with Gasteiger partial charge < -0.3 is 42.5 Å². The topological polar surface area (TPSA) is 52.6 Å².